The van der Waals surface area contributed by atoms with Crippen LogP contribution in [0.25, 0.3) is 33.3 Å². The van der Waals surface area contributed by atoms with E-state index in [-0.39, 0.29) is 17.6 Å². The minimum absolute atomic E-state index is 0.0715. The van der Waals surface area contributed by atoms with Gasteiger partial charge in [0.05, 0.1) is 0 Å². The van der Waals surface area contributed by atoms with Gasteiger partial charge in [-0.3, -0.25) is 14.3 Å². The van der Waals surface area contributed by atoms with Crippen LogP contribution in [0.5, 0.6) is 0 Å². The van der Waals surface area contributed by atoms with Gasteiger partial charge >= 0.3 is 5.69 Å². The first-order valence-electron chi connectivity index (χ1n) is 11.1. The Morgan fingerprint density at radius 1 is 1.21 bits per heavy atom. The van der Waals surface area contributed by atoms with Crippen molar-refractivity contribution in [2.24, 2.45) is 0 Å². The fraction of sp³-hybridized carbons (Fsp3) is 0.320. The second-order valence-electron chi connectivity index (χ2n) is 8.55. The normalized spacial score (nSPS) is 16.6. The number of halogens is 1. The molecule has 33 heavy (non-hydrogen) atoms. The quantitative estimate of drug-likeness (QED) is 0.446. The zero-order valence-electron chi connectivity index (χ0n) is 18.6. The lowest BCUT2D eigenvalue weighted by molar-refractivity contribution is -0.129. The first kappa shape index (κ1) is 21.7. The molecule has 170 valence electrons. The molecular weight excluding hydrogens is 440 g/mol. The van der Waals surface area contributed by atoms with Crippen molar-refractivity contribution in [3.63, 3.8) is 0 Å². The van der Waals surface area contributed by atoms with Crippen LogP contribution in [0.2, 0.25) is 5.02 Å². The summed E-state index contributed by atoms with van der Waals surface area (Å²) in [6, 6.07) is 15.2. The van der Waals surface area contributed by atoms with Crippen LogP contribution in [0.4, 0.5) is 0 Å². The van der Waals surface area contributed by atoms with Crippen molar-refractivity contribution >= 4 is 39.6 Å². The summed E-state index contributed by atoms with van der Waals surface area (Å²) in [6.07, 6.45) is 0.926. The van der Waals surface area contributed by atoms with Crippen LogP contribution in [0.15, 0.2) is 57.7 Å². The Kier molecular flexibility index (Phi) is 5.68. The Balaban J connectivity index is 1.55. The molecule has 0 radical (unpaired) electrons. The molecule has 2 aromatic heterocycles. The summed E-state index contributed by atoms with van der Waals surface area (Å²) >= 11 is 6.29. The zero-order valence-corrected chi connectivity index (χ0v) is 19.4. The lowest BCUT2D eigenvalue weighted by Gasteiger charge is -2.23. The van der Waals surface area contributed by atoms with Crippen molar-refractivity contribution in [2.45, 2.75) is 25.9 Å². The lowest BCUT2D eigenvalue weighted by Crippen LogP contribution is -2.38. The van der Waals surface area contributed by atoms with Crippen LogP contribution >= 0.6 is 11.6 Å². The van der Waals surface area contributed by atoms with E-state index in [0.717, 1.165) is 30.5 Å². The fourth-order valence-electron chi connectivity index (χ4n) is 4.62. The van der Waals surface area contributed by atoms with Crippen molar-refractivity contribution < 1.29 is 9.21 Å². The molecule has 1 amide bonds. The molecule has 7 nitrogen and oxygen atoms in total. The molecule has 0 spiro atoms. The number of hydrogen-bond acceptors (Lipinski definition) is 5. The van der Waals surface area contributed by atoms with Crippen molar-refractivity contribution in [3.8, 4) is 11.3 Å². The Hall–Kier alpha value is -3.16. The molecule has 3 heterocycles. The van der Waals surface area contributed by atoms with Gasteiger partial charge in [-0.15, -0.1) is 0 Å². The maximum Gasteiger partial charge on any atom is 0.348 e. The highest BCUT2D eigenvalue weighted by Crippen LogP contribution is 2.34. The standard InChI is InChI=1S/C25H25ClN4O3/c1-16(31)28(2)19-10-11-29(15-19)12-13-30-23-20-14-18(26)8-9-21(20)33-24(23)22(27-25(30)32)17-6-4-3-5-7-17/h3-9,14,19H,10-13,15H2,1-2H3. The SMILES string of the molecule is CC(=O)N(C)C1CCN(CCn2c(=O)nc(-c3ccccc3)c3oc4ccc(Cl)cc4c32)C1. The highest BCUT2D eigenvalue weighted by Gasteiger charge is 2.27. The second kappa shape index (κ2) is 8.65. The molecular formula is C25H25ClN4O3. The smallest absolute Gasteiger partial charge is 0.348 e. The summed E-state index contributed by atoms with van der Waals surface area (Å²) < 4.78 is 7.88. The number of likely N-dealkylation sites (N-methyl/N-ethyl adjacent to an activating group) is 1. The van der Waals surface area contributed by atoms with E-state index in [2.05, 4.69) is 9.88 Å². The lowest BCUT2D eigenvalue weighted by atomic mass is 10.1. The van der Waals surface area contributed by atoms with Gasteiger partial charge in [-0.25, -0.2) is 4.79 Å². The van der Waals surface area contributed by atoms with Gasteiger partial charge in [-0.05, 0) is 24.6 Å². The summed E-state index contributed by atoms with van der Waals surface area (Å²) in [5.41, 5.74) is 2.99. The minimum atomic E-state index is -0.319. The number of hydrogen-bond donors (Lipinski definition) is 0. The number of fused-ring (bicyclic) bond motifs is 3. The van der Waals surface area contributed by atoms with Gasteiger partial charge in [0.1, 0.15) is 16.8 Å². The molecule has 1 atom stereocenters. The van der Waals surface area contributed by atoms with Gasteiger partial charge in [-0.2, -0.15) is 4.98 Å². The van der Waals surface area contributed by atoms with Crippen LogP contribution in [0.3, 0.4) is 0 Å². The first-order valence-corrected chi connectivity index (χ1v) is 11.4. The van der Waals surface area contributed by atoms with E-state index in [4.69, 9.17) is 16.0 Å². The number of rotatable bonds is 5. The van der Waals surface area contributed by atoms with Crippen LogP contribution < -0.4 is 5.69 Å². The Labute approximate surface area is 196 Å². The number of nitrogens with zero attached hydrogens (tertiary/aromatic N) is 4. The minimum Gasteiger partial charge on any atom is -0.452 e. The van der Waals surface area contributed by atoms with E-state index in [1.165, 1.54) is 0 Å². The van der Waals surface area contributed by atoms with Crippen LogP contribution in [0.1, 0.15) is 13.3 Å². The Morgan fingerprint density at radius 3 is 2.76 bits per heavy atom. The van der Waals surface area contributed by atoms with Gasteiger partial charge in [0, 0.05) is 62.2 Å². The van der Waals surface area contributed by atoms with Gasteiger partial charge in [0.15, 0.2) is 5.58 Å². The zero-order chi connectivity index (χ0) is 23.1. The molecule has 0 aliphatic carbocycles. The fourth-order valence-corrected chi connectivity index (χ4v) is 4.79. The molecule has 1 aliphatic heterocycles. The van der Waals surface area contributed by atoms with Gasteiger partial charge in [-0.1, -0.05) is 41.9 Å². The number of carbonyl (C=O) groups excluding carboxylic acids is 1. The number of aromatic nitrogens is 2. The van der Waals surface area contributed by atoms with Gasteiger partial charge in [0.25, 0.3) is 0 Å². The highest BCUT2D eigenvalue weighted by molar-refractivity contribution is 6.31. The second-order valence-corrected chi connectivity index (χ2v) is 8.99. The van der Waals surface area contributed by atoms with E-state index in [9.17, 15) is 9.59 Å². The predicted molar refractivity (Wildman–Crippen MR) is 130 cm³/mol. The summed E-state index contributed by atoms with van der Waals surface area (Å²) in [4.78, 5) is 33.4. The molecule has 1 unspecified atom stereocenters. The predicted octanol–water partition coefficient (Wildman–Crippen LogP) is 4.02. The average molecular weight is 465 g/mol. The monoisotopic (exact) mass is 464 g/mol. The van der Waals surface area contributed by atoms with Gasteiger partial charge < -0.3 is 9.32 Å². The number of carbonyl (C=O) groups is 1. The summed E-state index contributed by atoms with van der Waals surface area (Å²) in [5, 5.41) is 1.38. The summed E-state index contributed by atoms with van der Waals surface area (Å²) in [6.45, 7) is 4.41. The van der Waals surface area contributed by atoms with Crippen LogP contribution in [-0.4, -0.2) is 58.0 Å². The van der Waals surface area contributed by atoms with Crippen molar-refractivity contribution in [1.29, 1.82) is 0 Å². The maximum atomic E-state index is 13.2. The van der Waals surface area contributed by atoms with E-state index >= 15 is 0 Å². The van der Waals surface area contributed by atoms with Crippen LogP contribution in [-0.2, 0) is 11.3 Å². The Morgan fingerprint density at radius 2 is 2.00 bits per heavy atom. The number of likely N-dealkylation sites (tertiary alicyclic amines) is 1. The molecule has 0 saturated carbocycles. The summed E-state index contributed by atoms with van der Waals surface area (Å²) in [7, 11) is 1.85. The summed E-state index contributed by atoms with van der Waals surface area (Å²) in [5.74, 6) is 0.0715. The number of amides is 1. The van der Waals surface area contributed by atoms with E-state index in [1.807, 2.05) is 49.5 Å². The molecule has 5 rings (SSSR count). The largest absolute Gasteiger partial charge is 0.452 e. The molecule has 0 bridgehead atoms. The highest BCUT2D eigenvalue weighted by atomic mass is 35.5. The molecule has 1 aliphatic rings. The van der Waals surface area contributed by atoms with Gasteiger partial charge in [0.2, 0.25) is 5.91 Å². The maximum absolute atomic E-state index is 13.2. The van der Waals surface area contributed by atoms with E-state index in [1.54, 1.807) is 22.5 Å². The Bertz CT molecular complexity index is 1400. The number of benzene rings is 2. The van der Waals surface area contributed by atoms with Crippen molar-refractivity contribution in [3.05, 3.63) is 64.0 Å². The van der Waals surface area contributed by atoms with E-state index < -0.39 is 0 Å². The molecule has 1 saturated heterocycles. The molecule has 0 N–H and O–H groups in total. The third kappa shape index (κ3) is 4.03. The molecule has 8 heteroatoms. The van der Waals surface area contributed by atoms with E-state index in [0.29, 0.717) is 40.5 Å². The van der Waals surface area contributed by atoms with Crippen molar-refractivity contribution in [1.82, 2.24) is 19.4 Å². The third-order valence-corrected chi connectivity index (χ3v) is 6.76. The molecule has 4 aromatic rings. The third-order valence-electron chi connectivity index (χ3n) is 6.53. The average Bonchev–Trinajstić information content (AvgIpc) is 3.43. The van der Waals surface area contributed by atoms with Crippen molar-refractivity contribution in [2.75, 3.05) is 26.7 Å². The topological polar surface area (TPSA) is 71.6 Å². The molecule has 2 aromatic carbocycles. The first-order chi connectivity index (χ1) is 15.9. The molecule has 1 fully saturated rings. The number of furan rings is 1. The van der Waals surface area contributed by atoms with Crippen LogP contribution in [0, 0.1) is 0 Å².